The number of hydrogen-bond donors (Lipinski definition) is 1. The van der Waals surface area contributed by atoms with Gasteiger partial charge in [-0.05, 0) is 42.3 Å². The van der Waals surface area contributed by atoms with Gasteiger partial charge in [-0.1, -0.05) is 50.2 Å². The number of fused-ring (bicyclic) bond motifs is 1. The number of aromatic nitrogens is 3. The average Bonchev–Trinajstić information content (AvgIpc) is 2.89. The Kier molecular flexibility index (Phi) is 6.08. The summed E-state index contributed by atoms with van der Waals surface area (Å²) in [4.78, 5) is 21.9. The number of rotatable bonds is 4. The minimum atomic E-state index is -0.0831. The first-order valence-corrected chi connectivity index (χ1v) is 11.7. The van der Waals surface area contributed by atoms with Crippen molar-refractivity contribution in [2.45, 2.75) is 19.9 Å². The van der Waals surface area contributed by atoms with Crippen molar-refractivity contribution in [2.75, 3.05) is 29.9 Å². The van der Waals surface area contributed by atoms with Crippen LogP contribution in [0.15, 0.2) is 79.0 Å². The largest absolute Gasteiger partial charge is 0.351 e. The van der Waals surface area contributed by atoms with Gasteiger partial charge in [0, 0.05) is 36.8 Å². The number of carbonyl (C=O) groups is 1. The number of anilines is 2. The maximum Gasteiger partial charge on any atom is 0.322 e. The Morgan fingerprint density at radius 3 is 2.56 bits per heavy atom. The zero-order valence-electron chi connectivity index (χ0n) is 19.4. The number of nitrogens with one attached hydrogen (secondary N) is 1. The summed E-state index contributed by atoms with van der Waals surface area (Å²) >= 11 is 0. The zero-order chi connectivity index (χ0) is 23.5. The van der Waals surface area contributed by atoms with Crippen molar-refractivity contribution in [2.24, 2.45) is 5.92 Å². The number of hydrogen-bond acceptors (Lipinski definition) is 5. The third kappa shape index (κ3) is 4.41. The van der Waals surface area contributed by atoms with Crippen molar-refractivity contribution in [3.8, 4) is 11.3 Å². The SMILES string of the molecule is CC(C)C1CN(c2ccc(-c3ccccc3)nn2)CCN1C(=O)Nc1cccc2ncccc12. The highest BCUT2D eigenvalue weighted by molar-refractivity contribution is 6.00. The molecule has 3 heterocycles. The van der Waals surface area contributed by atoms with Gasteiger partial charge in [0.2, 0.25) is 0 Å². The average molecular weight is 453 g/mol. The van der Waals surface area contributed by atoms with Crippen LogP contribution in [0.3, 0.4) is 0 Å². The number of amides is 2. The summed E-state index contributed by atoms with van der Waals surface area (Å²) in [6, 6.07) is 23.7. The Bertz CT molecular complexity index is 1270. The Morgan fingerprint density at radius 2 is 1.79 bits per heavy atom. The second-order valence-electron chi connectivity index (χ2n) is 8.90. The van der Waals surface area contributed by atoms with Crippen LogP contribution in [0, 0.1) is 5.92 Å². The van der Waals surface area contributed by atoms with E-state index in [1.807, 2.05) is 77.7 Å². The maximum absolute atomic E-state index is 13.3. The predicted molar refractivity (Wildman–Crippen MR) is 136 cm³/mol. The van der Waals surface area contributed by atoms with E-state index in [-0.39, 0.29) is 12.1 Å². The molecule has 1 aliphatic heterocycles. The first-order chi connectivity index (χ1) is 16.6. The molecule has 34 heavy (non-hydrogen) atoms. The molecule has 0 bridgehead atoms. The highest BCUT2D eigenvalue weighted by Crippen LogP contribution is 2.26. The normalized spacial score (nSPS) is 16.1. The molecular weight excluding hydrogens is 424 g/mol. The number of benzene rings is 2. The van der Waals surface area contributed by atoms with Gasteiger partial charge < -0.3 is 15.1 Å². The van der Waals surface area contributed by atoms with E-state index in [0.29, 0.717) is 25.6 Å². The summed E-state index contributed by atoms with van der Waals surface area (Å²) in [5.41, 5.74) is 3.55. The van der Waals surface area contributed by atoms with Crippen LogP contribution in [-0.2, 0) is 0 Å². The molecule has 2 aromatic carbocycles. The molecule has 172 valence electrons. The van der Waals surface area contributed by atoms with Gasteiger partial charge in [0.25, 0.3) is 0 Å². The second-order valence-corrected chi connectivity index (χ2v) is 8.90. The van der Waals surface area contributed by atoms with E-state index in [1.165, 1.54) is 0 Å². The van der Waals surface area contributed by atoms with Gasteiger partial charge in [0.1, 0.15) is 0 Å². The van der Waals surface area contributed by atoms with Gasteiger partial charge in [-0.2, -0.15) is 0 Å². The molecule has 1 unspecified atom stereocenters. The first kappa shape index (κ1) is 21.8. The molecule has 0 aliphatic carbocycles. The monoisotopic (exact) mass is 452 g/mol. The minimum absolute atomic E-state index is 0.0532. The smallest absolute Gasteiger partial charge is 0.322 e. The number of carbonyl (C=O) groups excluding carboxylic acids is 1. The lowest BCUT2D eigenvalue weighted by atomic mass is 9.99. The van der Waals surface area contributed by atoms with Crippen LogP contribution in [0.2, 0.25) is 0 Å². The summed E-state index contributed by atoms with van der Waals surface area (Å²) in [6.45, 7) is 6.33. The standard InChI is InChI=1S/C27H28N6O/c1-19(2)25-18-32(26-14-13-22(30-31-26)20-8-4-3-5-9-20)16-17-33(25)27(34)29-24-12-6-11-23-21(24)10-7-15-28-23/h3-15,19,25H,16-18H2,1-2H3,(H,29,34). The Morgan fingerprint density at radius 1 is 0.941 bits per heavy atom. The van der Waals surface area contributed by atoms with Crippen LogP contribution in [0.25, 0.3) is 22.2 Å². The van der Waals surface area contributed by atoms with E-state index < -0.39 is 0 Å². The Balaban J connectivity index is 1.31. The van der Waals surface area contributed by atoms with Crippen LogP contribution in [0.4, 0.5) is 16.3 Å². The van der Waals surface area contributed by atoms with E-state index in [4.69, 9.17) is 0 Å². The number of piperazine rings is 1. The molecule has 2 amide bonds. The molecule has 2 aromatic heterocycles. The quantitative estimate of drug-likeness (QED) is 0.468. The molecule has 4 aromatic rings. The van der Waals surface area contributed by atoms with Gasteiger partial charge in [-0.15, -0.1) is 10.2 Å². The van der Waals surface area contributed by atoms with E-state index in [2.05, 4.69) is 39.2 Å². The van der Waals surface area contributed by atoms with Crippen molar-refractivity contribution in [1.82, 2.24) is 20.1 Å². The summed E-state index contributed by atoms with van der Waals surface area (Å²) < 4.78 is 0. The lowest BCUT2D eigenvalue weighted by Gasteiger charge is -2.43. The molecule has 0 saturated carbocycles. The molecule has 1 N–H and O–H groups in total. The molecule has 0 radical (unpaired) electrons. The topological polar surface area (TPSA) is 74.2 Å². The molecular formula is C27H28N6O. The van der Waals surface area contributed by atoms with E-state index in [0.717, 1.165) is 33.7 Å². The van der Waals surface area contributed by atoms with Gasteiger partial charge in [0.05, 0.1) is 22.9 Å². The van der Waals surface area contributed by atoms with Crippen molar-refractivity contribution in [3.05, 3.63) is 79.0 Å². The molecule has 1 aliphatic rings. The molecule has 7 nitrogen and oxygen atoms in total. The van der Waals surface area contributed by atoms with Crippen LogP contribution in [-0.4, -0.2) is 51.8 Å². The highest BCUT2D eigenvalue weighted by atomic mass is 16.2. The van der Waals surface area contributed by atoms with Gasteiger partial charge >= 0.3 is 6.03 Å². The number of pyridine rings is 1. The third-order valence-electron chi connectivity index (χ3n) is 6.38. The second kappa shape index (κ2) is 9.47. The van der Waals surface area contributed by atoms with Crippen LogP contribution in [0.1, 0.15) is 13.8 Å². The predicted octanol–water partition coefficient (Wildman–Crippen LogP) is 5.07. The summed E-state index contributed by atoms with van der Waals surface area (Å²) in [5, 5.41) is 13.0. The van der Waals surface area contributed by atoms with E-state index >= 15 is 0 Å². The van der Waals surface area contributed by atoms with Crippen LogP contribution >= 0.6 is 0 Å². The summed E-state index contributed by atoms with van der Waals surface area (Å²) in [6.07, 6.45) is 1.76. The maximum atomic E-state index is 13.3. The lowest BCUT2D eigenvalue weighted by molar-refractivity contribution is 0.156. The van der Waals surface area contributed by atoms with Gasteiger partial charge in [0.15, 0.2) is 5.82 Å². The fraction of sp³-hybridized carbons (Fsp3) is 0.259. The molecule has 0 spiro atoms. The van der Waals surface area contributed by atoms with Gasteiger partial charge in [-0.25, -0.2) is 4.79 Å². The Hall–Kier alpha value is -4.00. The first-order valence-electron chi connectivity index (χ1n) is 11.7. The molecule has 1 saturated heterocycles. The van der Waals surface area contributed by atoms with Gasteiger partial charge in [-0.3, -0.25) is 4.98 Å². The Labute approximate surface area is 199 Å². The third-order valence-corrected chi connectivity index (χ3v) is 6.38. The lowest BCUT2D eigenvalue weighted by Crippen LogP contribution is -2.58. The molecule has 1 atom stereocenters. The minimum Gasteiger partial charge on any atom is -0.351 e. The van der Waals surface area contributed by atoms with Crippen molar-refractivity contribution >= 4 is 28.4 Å². The molecule has 7 heteroatoms. The van der Waals surface area contributed by atoms with Crippen LogP contribution in [0.5, 0.6) is 0 Å². The fourth-order valence-electron chi connectivity index (χ4n) is 4.50. The molecule has 5 rings (SSSR count). The van der Waals surface area contributed by atoms with Crippen molar-refractivity contribution < 1.29 is 4.79 Å². The fourth-order valence-corrected chi connectivity index (χ4v) is 4.50. The summed E-state index contributed by atoms with van der Waals surface area (Å²) in [7, 11) is 0. The van der Waals surface area contributed by atoms with E-state index in [1.54, 1.807) is 6.20 Å². The van der Waals surface area contributed by atoms with Crippen LogP contribution < -0.4 is 10.2 Å². The van der Waals surface area contributed by atoms with Crippen molar-refractivity contribution in [1.29, 1.82) is 0 Å². The van der Waals surface area contributed by atoms with E-state index in [9.17, 15) is 4.79 Å². The number of nitrogens with zero attached hydrogens (tertiary/aromatic N) is 5. The highest BCUT2D eigenvalue weighted by Gasteiger charge is 2.33. The zero-order valence-corrected chi connectivity index (χ0v) is 19.4. The van der Waals surface area contributed by atoms with Crippen molar-refractivity contribution in [3.63, 3.8) is 0 Å². The summed E-state index contributed by atoms with van der Waals surface area (Å²) in [5.74, 6) is 1.13. The molecule has 1 fully saturated rings. The number of urea groups is 1.